The number of benzene rings is 2. The number of hydrogen-bond donors (Lipinski definition) is 1. The maximum absolute atomic E-state index is 16.3. The molecule has 0 spiro atoms. The predicted molar refractivity (Wildman–Crippen MR) is 153 cm³/mol. The van der Waals surface area contributed by atoms with Gasteiger partial charge < -0.3 is 14.5 Å². The lowest BCUT2D eigenvalue weighted by Gasteiger charge is -2.35. The van der Waals surface area contributed by atoms with Crippen molar-refractivity contribution in [3.05, 3.63) is 65.6 Å². The molecule has 10 nitrogen and oxygen atoms in total. The molecule has 1 fully saturated rings. The van der Waals surface area contributed by atoms with E-state index in [4.69, 9.17) is 16.3 Å². The van der Waals surface area contributed by atoms with Crippen LogP contribution in [-0.2, 0) is 14.8 Å². The lowest BCUT2D eigenvalue weighted by molar-refractivity contribution is -0.128. The van der Waals surface area contributed by atoms with Gasteiger partial charge in [-0.25, -0.2) is 26.3 Å². The van der Waals surface area contributed by atoms with Crippen molar-refractivity contribution in [3.8, 4) is 17.3 Å². The summed E-state index contributed by atoms with van der Waals surface area (Å²) in [5, 5.41) is 0.899. The van der Waals surface area contributed by atoms with Gasteiger partial charge in [0.2, 0.25) is 10.0 Å². The number of halogens is 4. The van der Waals surface area contributed by atoms with E-state index in [-0.39, 0.29) is 83.7 Å². The summed E-state index contributed by atoms with van der Waals surface area (Å²) in [5.74, 6) is -3.15. The first-order valence-electron chi connectivity index (χ1n) is 12.6. The normalized spacial score (nSPS) is 14.0. The number of amides is 1. The van der Waals surface area contributed by atoms with E-state index in [1.165, 1.54) is 23.2 Å². The summed E-state index contributed by atoms with van der Waals surface area (Å²) in [5.41, 5.74) is -0.0435. The highest BCUT2D eigenvalue weighted by Gasteiger charge is 2.27. The minimum Gasteiger partial charge on any atom is -0.462 e. The number of fused-ring (bicyclic) bond motifs is 2. The minimum atomic E-state index is -3.47. The van der Waals surface area contributed by atoms with E-state index in [9.17, 15) is 22.0 Å². The molecule has 5 rings (SSSR count). The van der Waals surface area contributed by atoms with E-state index in [0.717, 1.165) is 6.26 Å². The van der Waals surface area contributed by atoms with Gasteiger partial charge in [-0.15, -0.1) is 0 Å². The van der Waals surface area contributed by atoms with E-state index in [1.54, 1.807) is 23.1 Å². The average molecular weight is 621 g/mol. The van der Waals surface area contributed by atoms with Gasteiger partial charge in [0.25, 0.3) is 5.91 Å². The first-order valence-corrected chi connectivity index (χ1v) is 14.9. The minimum absolute atomic E-state index is 0.0897. The summed E-state index contributed by atoms with van der Waals surface area (Å²) < 4.78 is 74.7. The van der Waals surface area contributed by atoms with Gasteiger partial charge in [0, 0.05) is 49.9 Å². The van der Waals surface area contributed by atoms with Crippen molar-refractivity contribution in [2.45, 2.75) is 0 Å². The predicted octanol–water partition coefficient (Wildman–Crippen LogP) is 3.84. The Hall–Kier alpha value is -4.01. The molecule has 1 N–H and O–H groups in total. The lowest BCUT2D eigenvalue weighted by atomic mass is 10.0. The number of sulfonamides is 1. The highest BCUT2D eigenvalue weighted by molar-refractivity contribution is 7.88. The Morgan fingerprint density at radius 3 is 2.57 bits per heavy atom. The van der Waals surface area contributed by atoms with Crippen LogP contribution in [0.2, 0.25) is 5.02 Å². The van der Waals surface area contributed by atoms with Gasteiger partial charge in [-0.3, -0.25) is 9.78 Å². The highest BCUT2D eigenvalue weighted by Crippen LogP contribution is 2.38. The monoisotopic (exact) mass is 620 g/mol. The Kier molecular flexibility index (Phi) is 8.21. The lowest BCUT2D eigenvalue weighted by Crippen LogP contribution is -2.49. The Balaban J connectivity index is 1.59. The zero-order valence-electron chi connectivity index (χ0n) is 22.2. The molecule has 0 aliphatic carbocycles. The summed E-state index contributed by atoms with van der Waals surface area (Å²) in [7, 11) is -3.47. The Labute approximate surface area is 243 Å². The number of carbonyl (C=O) groups is 1. The number of anilines is 1. The van der Waals surface area contributed by atoms with E-state index in [2.05, 4.69) is 26.3 Å². The average Bonchev–Trinajstić information content (AvgIpc) is 2.96. The molecule has 2 aromatic carbocycles. The van der Waals surface area contributed by atoms with Crippen molar-refractivity contribution in [1.82, 2.24) is 24.6 Å². The molecule has 2 aromatic heterocycles. The van der Waals surface area contributed by atoms with Crippen LogP contribution in [0.15, 0.2) is 48.9 Å². The van der Waals surface area contributed by atoms with Crippen LogP contribution in [0.25, 0.3) is 32.9 Å². The summed E-state index contributed by atoms with van der Waals surface area (Å²) in [6, 6.07) is 7.45. The second-order valence-corrected chi connectivity index (χ2v) is 11.7. The van der Waals surface area contributed by atoms with E-state index >= 15 is 4.39 Å². The van der Waals surface area contributed by atoms with Crippen LogP contribution in [-0.4, -0.2) is 79.8 Å². The summed E-state index contributed by atoms with van der Waals surface area (Å²) in [6.45, 7) is 3.55. The Morgan fingerprint density at radius 1 is 1.14 bits per heavy atom. The van der Waals surface area contributed by atoms with Crippen LogP contribution < -0.4 is 14.4 Å². The fourth-order valence-electron chi connectivity index (χ4n) is 4.68. The topological polar surface area (TPSA) is 118 Å². The summed E-state index contributed by atoms with van der Waals surface area (Å²) >= 11 is 6.28. The smallest absolute Gasteiger partial charge is 0.319 e. The first-order chi connectivity index (χ1) is 19.9. The van der Waals surface area contributed by atoms with Gasteiger partial charge in [0.15, 0.2) is 11.6 Å². The molecule has 220 valence electrons. The van der Waals surface area contributed by atoms with Gasteiger partial charge >= 0.3 is 6.01 Å². The first kappa shape index (κ1) is 29.5. The third-order valence-corrected chi connectivity index (χ3v) is 7.73. The molecule has 3 heterocycles. The number of hydrogen-bond acceptors (Lipinski definition) is 8. The quantitative estimate of drug-likeness (QED) is 0.233. The van der Waals surface area contributed by atoms with Crippen LogP contribution in [0.5, 0.6) is 6.01 Å². The Morgan fingerprint density at radius 2 is 1.88 bits per heavy atom. The zero-order valence-corrected chi connectivity index (χ0v) is 23.8. The molecule has 1 aliphatic rings. The van der Waals surface area contributed by atoms with Gasteiger partial charge in [0.05, 0.1) is 16.7 Å². The molecular weight excluding hydrogens is 597 g/mol. The number of ether oxygens (including phenoxy) is 1. The molecule has 0 radical (unpaired) electrons. The van der Waals surface area contributed by atoms with E-state index in [1.807, 2.05) is 0 Å². The molecule has 1 aliphatic heterocycles. The van der Waals surface area contributed by atoms with Crippen molar-refractivity contribution >= 4 is 55.0 Å². The second kappa shape index (κ2) is 11.7. The van der Waals surface area contributed by atoms with Gasteiger partial charge in [-0.05, 0) is 11.5 Å². The molecule has 42 heavy (non-hydrogen) atoms. The van der Waals surface area contributed by atoms with Crippen LogP contribution in [0.1, 0.15) is 0 Å². The molecule has 1 saturated heterocycles. The standard InChI is InChI=1S/C27H24ClF3N6O4S/c1-15(29)26(38)37-11-9-36(10-12-37)25-18-14-32-23(17-5-3-4-16-6-7-19(30)21(28)20(16)17)22(31)24(18)34-27(35-25)41-13-8-33-42(2,39)40/h3-7,14,33H,1,8-13H2,2H3. The van der Waals surface area contributed by atoms with Crippen LogP contribution in [0.3, 0.4) is 0 Å². The number of nitrogens with zero attached hydrogens (tertiary/aromatic N) is 5. The van der Waals surface area contributed by atoms with Crippen molar-refractivity contribution < 1.29 is 31.1 Å². The second-order valence-electron chi connectivity index (χ2n) is 9.48. The number of rotatable bonds is 8. The molecule has 0 saturated carbocycles. The number of nitrogens with one attached hydrogen (secondary N) is 1. The van der Waals surface area contributed by atoms with Gasteiger partial charge in [-0.1, -0.05) is 42.4 Å². The Bertz CT molecular complexity index is 1830. The highest BCUT2D eigenvalue weighted by atomic mass is 35.5. The van der Waals surface area contributed by atoms with E-state index < -0.39 is 33.4 Å². The number of carbonyl (C=O) groups excluding carboxylic acids is 1. The fraction of sp³-hybridized carbons (Fsp3) is 0.259. The summed E-state index contributed by atoms with van der Waals surface area (Å²) in [6.07, 6.45) is 2.38. The third kappa shape index (κ3) is 5.96. The molecule has 0 unspecified atom stereocenters. The largest absolute Gasteiger partial charge is 0.462 e. The SMILES string of the molecule is C=C(F)C(=O)N1CCN(c2nc(OCCNS(C)(=O)=O)nc3c(F)c(-c4cccc5ccc(F)c(Cl)c45)ncc23)CC1. The molecule has 1 amide bonds. The van der Waals surface area contributed by atoms with E-state index in [0.29, 0.717) is 5.39 Å². The number of pyridine rings is 1. The van der Waals surface area contributed by atoms with Crippen molar-refractivity contribution in [2.75, 3.05) is 50.5 Å². The third-order valence-electron chi connectivity index (χ3n) is 6.63. The number of aromatic nitrogens is 3. The maximum atomic E-state index is 16.3. The zero-order chi connectivity index (χ0) is 30.2. The van der Waals surface area contributed by atoms with Crippen LogP contribution >= 0.6 is 11.6 Å². The van der Waals surface area contributed by atoms with Crippen LogP contribution in [0, 0.1) is 11.6 Å². The van der Waals surface area contributed by atoms with Crippen molar-refractivity contribution in [2.24, 2.45) is 0 Å². The fourth-order valence-corrected chi connectivity index (χ4v) is 5.41. The number of piperazine rings is 1. The molecular formula is C27H24ClF3N6O4S. The van der Waals surface area contributed by atoms with Gasteiger partial charge in [0.1, 0.15) is 29.5 Å². The van der Waals surface area contributed by atoms with Crippen molar-refractivity contribution in [3.63, 3.8) is 0 Å². The van der Waals surface area contributed by atoms with Gasteiger partial charge in [-0.2, -0.15) is 9.97 Å². The summed E-state index contributed by atoms with van der Waals surface area (Å²) in [4.78, 5) is 28.1. The van der Waals surface area contributed by atoms with Crippen molar-refractivity contribution in [1.29, 1.82) is 0 Å². The van der Waals surface area contributed by atoms with Crippen LogP contribution in [0.4, 0.5) is 19.0 Å². The molecule has 0 bridgehead atoms. The maximum Gasteiger partial charge on any atom is 0.319 e. The molecule has 0 atom stereocenters. The molecule has 15 heteroatoms. The molecule has 4 aromatic rings.